The Labute approximate surface area is 118 Å². The summed E-state index contributed by atoms with van der Waals surface area (Å²) in [5, 5.41) is 16.9. The maximum absolute atomic E-state index is 10.2. The Hall–Kier alpha value is -2.13. The van der Waals surface area contributed by atoms with Crippen LogP contribution in [0.4, 0.5) is 0 Å². The number of aliphatic hydroxyl groups is 1. The summed E-state index contributed by atoms with van der Waals surface area (Å²) in [5.41, 5.74) is 2.09. The van der Waals surface area contributed by atoms with Crippen molar-refractivity contribution >= 4 is 10.8 Å². The van der Waals surface area contributed by atoms with Crippen LogP contribution < -0.4 is 0 Å². The number of rotatable bonds is 4. The van der Waals surface area contributed by atoms with Crippen molar-refractivity contribution in [1.29, 1.82) is 0 Å². The average molecular weight is 266 g/mol. The van der Waals surface area contributed by atoms with E-state index in [9.17, 15) is 5.11 Å². The van der Waals surface area contributed by atoms with Gasteiger partial charge in [-0.3, -0.25) is 4.68 Å². The van der Waals surface area contributed by atoms with Crippen LogP contribution >= 0.6 is 0 Å². The zero-order valence-electron chi connectivity index (χ0n) is 11.5. The fraction of sp³-hybridized carbons (Fsp3) is 0.235. The maximum Gasteiger partial charge on any atom is 0.0650 e. The maximum atomic E-state index is 10.2. The second-order valence-electron chi connectivity index (χ2n) is 5.22. The summed E-state index contributed by atoms with van der Waals surface area (Å²) < 4.78 is 1.76. The molecule has 0 aliphatic heterocycles. The molecule has 1 unspecified atom stereocenters. The van der Waals surface area contributed by atoms with Gasteiger partial charge >= 0.3 is 0 Å². The van der Waals surface area contributed by atoms with Crippen molar-refractivity contribution in [3.63, 3.8) is 0 Å². The normalized spacial score (nSPS) is 12.7. The highest BCUT2D eigenvalue weighted by Crippen LogP contribution is 2.17. The van der Waals surface area contributed by atoms with Gasteiger partial charge in [0.25, 0.3) is 0 Å². The Bertz CT molecular complexity index is 718. The zero-order valence-corrected chi connectivity index (χ0v) is 11.5. The van der Waals surface area contributed by atoms with Gasteiger partial charge in [-0.2, -0.15) is 5.10 Å². The average Bonchev–Trinajstić information content (AvgIpc) is 2.83. The number of benzene rings is 2. The largest absolute Gasteiger partial charge is 0.392 e. The van der Waals surface area contributed by atoms with Crippen molar-refractivity contribution in [1.82, 2.24) is 9.78 Å². The number of nitrogens with zero attached hydrogens (tertiary/aromatic N) is 2. The molecule has 2 aromatic carbocycles. The summed E-state index contributed by atoms with van der Waals surface area (Å²) >= 11 is 0. The van der Waals surface area contributed by atoms with Crippen LogP contribution in [-0.2, 0) is 19.9 Å². The minimum absolute atomic E-state index is 0.397. The summed E-state index contributed by atoms with van der Waals surface area (Å²) in [6.45, 7) is 0. The quantitative estimate of drug-likeness (QED) is 0.788. The van der Waals surface area contributed by atoms with Gasteiger partial charge in [-0.15, -0.1) is 0 Å². The molecule has 3 rings (SSSR count). The molecule has 3 heteroatoms. The Morgan fingerprint density at radius 1 is 1.05 bits per heavy atom. The van der Waals surface area contributed by atoms with Gasteiger partial charge < -0.3 is 5.11 Å². The van der Waals surface area contributed by atoms with Crippen molar-refractivity contribution in [2.45, 2.75) is 18.9 Å². The Morgan fingerprint density at radius 2 is 1.85 bits per heavy atom. The molecule has 102 valence electrons. The molecule has 0 saturated heterocycles. The first kappa shape index (κ1) is 12.9. The number of hydrogen-bond acceptors (Lipinski definition) is 2. The van der Waals surface area contributed by atoms with E-state index in [0.29, 0.717) is 12.8 Å². The van der Waals surface area contributed by atoms with Crippen LogP contribution in [0.1, 0.15) is 11.3 Å². The van der Waals surface area contributed by atoms with E-state index >= 15 is 0 Å². The van der Waals surface area contributed by atoms with Gasteiger partial charge in [-0.1, -0.05) is 42.5 Å². The second-order valence-corrected chi connectivity index (χ2v) is 5.22. The lowest BCUT2D eigenvalue weighted by Gasteiger charge is -2.10. The van der Waals surface area contributed by atoms with Gasteiger partial charge in [0.05, 0.1) is 11.8 Å². The van der Waals surface area contributed by atoms with Crippen LogP contribution in [0.2, 0.25) is 0 Å². The lowest BCUT2D eigenvalue weighted by atomic mass is 10.0. The molecule has 20 heavy (non-hydrogen) atoms. The molecule has 0 saturated carbocycles. The predicted octanol–water partition coefficient (Wildman–Crippen LogP) is 2.72. The smallest absolute Gasteiger partial charge is 0.0650 e. The predicted molar refractivity (Wildman–Crippen MR) is 80.6 cm³/mol. The summed E-state index contributed by atoms with van der Waals surface area (Å²) in [6, 6.07) is 16.6. The SMILES string of the molecule is Cn1ccc(CC(O)Cc2ccc3ccccc3c2)n1. The molecular weight excluding hydrogens is 248 g/mol. The topological polar surface area (TPSA) is 38.0 Å². The molecule has 0 aliphatic rings. The highest BCUT2D eigenvalue weighted by atomic mass is 16.3. The van der Waals surface area contributed by atoms with Crippen molar-refractivity contribution in [3.05, 3.63) is 66.0 Å². The zero-order chi connectivity index (χ0) is 13.9. The van der Waals surface area contributed by atoms with Crippen LogP contribution in [0.3, 0.4) is 0 Å². The molecule has 1 atom stereocenters. The third-order valence-electron chi connectivity index (χ3n) is 3.50. The minimum atomic E-state index is -0.397. The van der Waals surface area contributed by atoms with Crippen LogP contribution in [0.5, 0.6) is 0 Å². The molecule has 0 fully saturated rings. The second kappa shape index (κ2) is 5.47. The van der Waals surface area contributed by atoms with Gasteiger partial charge in [0.2, 0.25) is 0 Å². The van der Waals surface area contributed by atoms with Crippen molar-refractivity contribution in [2.24, 2.45) is 7.05 Å². The molecule has 3 aromatic rings. The van der Waals surface area contributed by atoms with E-state index in [1.54, 1.807) is 4.68 Å². The fourth-order valence-corrected chi connectivity index (χ4v) is 2.52. The Balaban J connectivity index is 1.72. The molecule has 0 bridgehead atoms. The summed E-state index contributed by atoms with van der Waals surface area (Å²) in [7, 11) is 1.89. The molecular formula is C17H18N2O. The van der Waals surface area contributed by atoms with Crippen LogP contribution in [-0.4, -0.2) is 21.0 Å². The molecule has 1 aromatic heterocycles. The molecule has 0 amide bonds. The van der Waals surface area contributed by atoms with Crippen LogP contribution in [0, 0.1) is 0 Å². The van der Waals surface area contributed by atoms with E-state index in [0.717, 1.165) is 11.3 Å². The minimum Gasteiger partial charge on any atom is -0.392 e. The highest BCUT2D eigenvalue weighted by Gasteiger charge is 2.09. The summed E-state index contributed by atoms with van der Waals surface area (Å²) in [4.78, 5) is 0. The Kier molecular flexibility index (Phi) is 3.52. The van der Waals surface area contributed by atoms with Crippen LogP contribution in [0.25, 0.3) is 10.8 Å². The van der Waals surface area contributed by atoms with E-state index in [1.807, 2.05) is 31.4 Å². The van der Waals surface area contributed by atoms with E-state index in [2.05, 4.69) is 35.4 Å². The first-order valence-corrected chi connectivity index (χ1v) is 6.85. The molecule has 0 radical (unpaired) electrons. The molecule has 0 aliphatic carbocycles. The number of aliphatic hydroxyl groups excluding tert-OH is 1. The van der Waals surface area contributed by atoms with E-state index in [1.165, 1.54) is 10.8 Å². The lowest BCUT2D eigenvalue weighted by Crippen LogP contribution is -2.14. The van der Waals surface area contributed by atoms with Gasteiger partial charge in [0.1, 0.15) is 0 Å². The first-order chi connectivity index (χ1) is 9.70. The Morgan fingerprint density at radius 3 is 2.60 bits per heavy atom. The number of fused-ring (bicyclic) bond motifs is 1. The van der Waals surface area contributed by atoms with E-state index in [-0.39, 0.29) is 0 Å². The lowest BCUT2D eigenvalue weighted by molar-refractivity contribution is 0.174. The molecule has 3 nitrogen and oxygen atoms in total. The van der Waals surface area contributed by atoms with Gasteiger partial charge in [0, 0.05) is 19.7 Å². The number of aryl methyl sites for hydroxylation is 1. The fourth-order valence-electron chi connectivity index (χ4n) is 2.52. The highest BCUT2D eigenvalue weighted by molar-refractivity contribution is 5.82. The van der Waals surface area contributed by atoms with Crippen molar-refractivity contribution < 1.29 is 5.11 Å². The van der Waals surface area contributed by atoms with Gasteiger partial charge in [-0.05, 0) is 28.8 Å². The summed E-state index contributed by atoms with van der Waals surface area (Å²) in [5.74, 6) is 0. The molecule has 1 N–H and O–H groups in total. The first-order valence-electron chi connectivity index (χ1n) is 6.85. The van der Waals surface area contributed by atoms with E-state index < -0.39 is 6.10 Å². The standard InChI is InChI=1S/C17H18N2O/c1-19-9-8-16(18-19)12-17(20)11-13-6-7-14-4-2-3-5-15(14)10-13/h2-10,17,20H,11-12H2,1H3. The third-order valence-corrected chi connectivity index (χ3v) is 3.50. The van der Waals surface area contributed by atoms with Crippen LogP contribution in [0.15, 0.2) is 54.7 Å². The third kappa shape index (κ3) is 2.89. The number of aromatic nitrogens is 2. The van der Waals surface area contributed by atoms with Crippen molar-refractivity contribution in [3.8, 4) is 0 Å². The van der Waals surface area contributed by atoms with Crippen molar-refractivity contribution in [2.75, 3.05) is 0 Å². The number of hydrogen-bond donors (Lipinski definition) is 1. The van der Waals surface area contributed by atoms with Gasteiger partial charge in [-0.25, -0.2) is 0 Å². The monoisotopic (exact) mass is 266 g/mol. The molecule has 1 heterocycles. The summed E-state index contributed by atoms with van der Waals surface area (Å²) in [6.07, 6.45) is 2.75. The van der Waals surface area contributed by atoms with E-state index in [4.69, 9.17) is 0 Å². The van der Waals surface area contributed by atoms with Gasteiger partial charge in [0.15, 0.2) is 0 Å². The molecule has 0 spiro atoms.